The third kappa shape index (κ3) is 2.35. The molecule has 0 saturated heterocycles. The summed E-state index contributed by atoms with van der Waals surface area (Å²) in [7, 11) is 0. The lowest BCUT2D eigenvalue weighted by atomic mass is 9.84. The molecule has 1 aromatic rings. The molecule has 2 aliphatic rings. The third-order valence-electron chi connectivity index (χ3n) is 5.08. The van der Waals surface area contributed by atoms with Crippen molar-refractivity contribution in [2.75, 3.05) is 0 Å². The molecule has 0 N–H and O–H groups in total. The van der Waals surface area contributed by atoms with E-state index in [0.717, 1.165) is 36.7 Å². The quantitative estimate of drug-likeness (QED) is 0.815. The maximum absolute atomic E-state index is 12.5. The number of carbonyl (C=O) groups is 1. The maximum atomic E-state index is 12.5. The van der Waals surface area contributed by atoms with Crippen molar-refractivity contribution in [2.45, 2.75) is 58.9 Å². The van der Waals surface area contributed by atoms with Gasteiger partial charge in [0.05, 0.1) is 5.69 Å². The minimum atomic E-state index is 0.351. The molecule has 2 aliphatic carbocycles. The number of rotatable bonds is 5. The monoisotopic (exact) mass is 260 g/mol. The van der Waals surface area contributed by atoms with Gasteiger partial charge in [-0.1, -0.05) is 13.3 Å². The molecule has 3 heteroatoms. The molecule has 0 aromatic carbocycles. The van der Waals surface area contributed by atoms with Crippen LogP contribution in [0.4, 0.5) is 0 Å². The predicted octanol–water partition coefficient (Wildman–Crippen LogP) is 3.01. The Balaban J connectivity index is 1.70. The van der Waals surface area contributed by atoms with Gasteiger partial charge in [-0.2, -0.15) is 5.10 Å². The zero-order valence-corrected chi connectivity index (χ0v) is 12.1. The van der Waals surface area contributed by atoms with Crippen LogP contribution in [-0.4, -0.2) is 15.6 Å². The summed E-state index contributed by atoms with van der Waals surface area (Å²) in [6.07, 6.45) is 6.65. The molecule has 2 fully saturated rings. The summed E-state index contributed by atoms with van der Waals surface area (Å²) in [6, 6.07) is 2.12. The van der Waals surface area contributed by atoms with Crippen molar-refractivity contribution in [2.24, 2.45) is 17.8 Å². The van der Waals surface area contributed by atoms with Crippen LogP contribution in [-0.2, 0) is 24.2 Å². The first-order valence-electron chi connectivity index (χ1n) is 7.79. The van der Waals surface area contributed by atoms with Crippen molar-refractivity contribution in [1.29, 1.82) is 0 Å². The summed E-state index contributed by atoms with van der Waals surface area (Å²) >= 11 is 0. The number of Topliss-reactive ketones (excluding diaryl/α,β-unsaturated/α-hetero) is 1. The highest BCUT2D eigenvalue weighted by atomic mass is 16.1. The molecule has 19 heavy (non-hydrogen) atoms. The molecule has 2 bridgehead atoms. The summed E-state index contributed by atoms with van der Waals surface area (Å²) in [4.78, 5) is 12.5. The molecule has 1 aromatic heterocycles. The molecular formula is C16H24N2O. The summed E-state index contributed by atoms with van der Waals surface area (Å²) in [5.74, 6) is 2.36. The molecule has 0 spiro atoms. The van der Waals surface area contributed by atoms with Crippen molar-refractivity contribution in [3.8, 4) is 0 Å². The van der Waals surface area contributed by atoms with Gasteiger partial charge in [0.25, 0.3) is 0 Å². The van der Waals surface area contributed by atoms with E-state index in [-0.39, 0.29) is 0 Å². The average molecular weight is 260 g/mol. The Morgan fingerprint density at radius 1 is 1.37 bits per heavy atom. The van der Waals surface area contributed by atoms with Crippen LogP contribution in [0.5, 0.6) is 0 Å². The minimum absolute atomic E-state index is 0.351. The Bertz CT molecular complexity index is 477. The first-order chi connectivity index (χ1) is 9.21. The maximum Gasteiger partial charge on any atom is 0.142 e. The van der Waals surface area contributed by atoms with Crippen LogP contribution in [0, 0.1) is 17.8 Å². The van der Waals surface area contributed by atoms with Gasteiger partial charge >= 0.3 is 0 Å². The summed E-state index contributed by atoms with van der Waals surface area (Å²) in [6.45, 7) is 5.07. The fraction of sp³-hybridized carbons (Fsp3) is 0.750. The largest absolute Gasteiger partial charge is 0.299 e. The van der Waals surface area contributed by atoms with E-state index in [9.17, 15) is 4.79 Å². The zero-order chi connectivity index (χ0) is 13.4. The molecule has 0 aliphatic heterocycles. The molecule has 1 heterocycles. The Morgan fingerprint density at radius 3 is 2.79 bits per heavy atom. The number of aromatic nitrogens is 2. The van der Waals surface area contributed by atoms with Gasteiger partial charge in [-0.3, -0.25) is 9.48 Å². The van der Waals surface area contributed by atoms with Crippen molar-refractivity contribution in [1.82, 2.24) is 9.78 Å². The van der Waals surface area contributed by atoms with Gasteiger partial charge < -0.3 is 0 Å². The third-order valence-corrected chi connectivity index (χ3v) is 5.08. The van der Waals surface area contributed by atoms with E-state index in [1.54, 1.807) is 0 Å². The number of carbonyl (C=O) groups excluding carboxylic acids is 1. The molecule has 3 nitrogen and oxygen atoms in total. The number of hydrogen-bond donors (Lipinski definition) is 0. The van der Waals surface area contributed by atoms with Crippen LogP contribution >= 0.6 is 0 Å². The molecule has 0 amide bonds. The van der Waals surface area contributed by atoms with E-state index >= 15 is 0 Å². The van der Waals surface area contributed by atoms with E-state index in [1.807, 2.05) is 4.68 Å². The van der Waals surface area contributed by atoms with Gasteiger partial charge in [-0.15, -0.1) is 0 Å². The van der Waals surface area contributed by atoms with Crippen molar-refractivity contribution in [3.05, 3.63) is 17.5 Å². The summed E-state index contributed by atoms with van der Waals surface area (Å²) in [5, 5.41) is 4.54. The highest BCUT2D eigenvalue weighted by molar-refractivity contribution is 5.83. The minimum Gasteiger partial charge on any atom is -0.299 e. The van der Waals surface area contributed by atoms with Gasteiger partial charge in [0, 0.05) is 24.6 Å². The molecular weight excluding hydrogens is 236 g/mol. The van der Waals surface area contributed by atoms with Crippen LogP contribution < -0.4 is 0 Å². The molecule has 3 rings (SSSR count). The smallest absolute Gasteiger partial charge is 0.142 e. The number of ketones is 1. The molecule has 0 radical (unpaired) electrons. The van der Waals surface area contributed by atoms with Crippen LogP contribution in [0.3, 0.4) is 0 Å². The first kappa shape index (κ1) is 12.9. The fourth-order valence-electron chi connectivity index (χ4n) is 4.05. The lowest BCUT2D eigenvalue weighted by Crippen LogP contribution is -2.23. The molecule has 3 atom stereocenters. The van der Waals surface area contributed by atoms with E-state index in [2.05, 4.69) is 25.0 Å². The lowest BCUT2D eigenvalue weighted by molar-refractivity contribution is -0.123. The van der Waals surface area contributed by atoms with Crippen molar-refractivity contribution < 1.29 is 4.79 Å². The summed E-state index contributed by atoms with van der Waals surface area (Å²) in [5.41, 5.74) is 2.23. The number of fused-ring (bicyclic) bond motifs is 2. The Morgan fingerprint density at radius 2 is 2.21 bits per heavy atom. The van der Waals surface area contributed by atoms with Gasteiger partial charge in [0.2, 0.25) is 0 Å². The Kier molecular flexibility index (Phi) is 3.46. The van der Waals surface area contributed by atoms with Gasteiger partial charge in [-0.05, 0) is 50.5 Å². The highest BCUT2D eigenvalue weighted by Gasteiger charge is 2.42. The number of aryl methyl sites for hydroxylation is 2. The number of hydrogen-bond acceptors (Lipinski definition) is 2. The lowest BCUT2D eigenvalue weighted by Gasteiger charge is -2.20. The zero-order valence-electron chi connectivity index (χ0n) is 12.1. The van der Waals surface area contributed by atoms with Gasteiger partial charge in [0.15, 0.2) is 0 Å². The predicted molar refractivity (Wildman–Crippen MR) is 74.9 cm³/mol. The van der Waals surface area contributed by atoms with Crippen LogP contribution in [0.15, 0.2) is 6.07 Å². The Labute approximate surface area is 115 Å². The van der Waals surface area contributed by atoms with E-state index < -0.39 is 0 Å². The van der Waals surface area contributed by atoms with Crippen LogP contribution in [0.2, 0.25) is 0 Å². The fourth-order valence-corrected chi connectivity index (χ4v) is 4.05. The van der Waals surface area contributed by atoms with Crippen LogP contribution in [0.1, 0.15) is 50.9 Å². The van der Waals surface area contributed by atoms with Gasteiger partial charge in [0.1, 0.15) is 5.78 Å². The SMILES string of the molecule is CCc1cc(CC(=O)C2CC3CCC2C3)n(CC)n1. The first-order valence-corrected chi connectivity index (χ1v) is 7.79. The van der Waals surface area contributed by atoms with E-state index in [0.29, 0.717) is 24.0 Å². The Hall–Kier alpha value is -1.12. The van der Waals surface area contributed by atoms with Crippen molar-refractivity contribution in [3.63, 3.8) is 0 Å². The normalized spacial score (nSPS) is 29.1. The molecule has 2 saturated carbocycles. The van der Waals surface area contributed by atoms with Crippen LogP contribution in [0.25, 0.3) is 0 Å². The van der Waals surface area contributed by atoms with Crippen molar-refractivity contribution >= 4 is 5.78 Å². The average Bonchev–Trinajstić information content (AvgIpc) is 3.12. The second-order valence-corrected chi connectivity index (χ2v) is 6.22. The second kappa shape index (κ2) is 5.10. The van der Waals surface area contributed by atoms with Gasteiger partial charge in [-0.25, -0.2) is 0 Å². The molecule has 3 unspecified atom stereocenters. The second-order valence-electron chi connectivity index (χ2n) is 6.22. The molecule has 104 valence electrons. The topological polar surface area (TPSA) is 34.9 Å². The standard InChI is InChI=1S/C16H24N2O/c1-3-13-9-14(18(4-2)17-13)10-16(19)15-8-11-5-6-12(15)7-11/h9,11-12,15H,3-8,10H2,1-2H3. The highest BCUT2D eigenvalue weighted by Crippen LogP contribution is 2.48. The summed E-state index contributed by atoms with van der Waals surface area (Å²) < 4.78 is 2.00. The number of nitrogens with zero attached hydrogens (tertiary/aromatic N) is 2. The van der Waals surface area contributed by atoms with E-state index in [1.165, 1.54) is 19.3 Å². The van der Waals surface area contributed by atoms with E-state index in [4.69, 9.17) is 0 Å².